The zero-order chi connectivity index (χ0) is 23.1. The number of hydrogen-bond acceptors (Lipinski definition) is 2. The van der Waals surface area contributed by atoms with Crippen molar-refractivity contribution in [3.8, 4) is 6.07 Å². The minimum Gasteiger partial charge on any atom is -0.378 e. The van der Waals surface area contributed by atoms with E-state index in [0.717, 1.165) is 30.8 Å². The molecule has 2 saturated carbocycles. The van der Waals surface area contributed by atoms with E-state index in [1.165, 1.54) is 102 Å². The van der Waals surface area contributed by atoms with E-state index < -0.39 is 0 Å². The van der Waals surface area contributed by atoms with E-state index in [0.29, 0.717) is 6.10 Å². The zero-order valence-corrected chi connectivity index (χ0v) is 21.1. The molecular weight excluding hydrogens is 402 g/mol. The van der Waals surface area contributed by atoms with E-state index in [-0.39, 0.29) is 0 Å². The lowest BCUT2D eigenvalue weighted by Crippen LogP contribution is -2.25. The fraction of sp³-hybridized carbons (Fsp3) is 0.710. The number of ether oxygens (including phenoxy) is 1. The Balaban J connectivity index is 1.27. The number of allylic oxidation sites excluding steroid dienone is 2. The van der Waals surface area contributed by atoms with Gasteiger partial charge in [-0.1, -0.05) is 75.8 Å². The fourth-order valence-electron chi connectivity index (χ4n) is 5.88. The van der Waals surface area contributed by atoms with Crippen LogP contribution in [0.15, 0.2) is 36.4 Å². The third kappa shape index (κ3) is 9.66. The Hall–Kier alpha value is -1.59. The van der Waals surface area contributed by atoms with E-state index in [9.17, 15) is 0 Å². The summed E-state index contributed by atoms with van der Waals surface area (Å²) in [5.41, 5.74) is 3.06. The molecule has 2 fully saturated rings. The highest BCUT2D eigenvalue weighted by atomic mass is 16.5. The predicted octanol–water partition coefficient (Wildman–Crippen LogP) is 8.91. The summed E-state index contributed by atoms with van der Waals surface area (Å²) in [7, 11) is 0. The molecule has 0 aromatic heterocycles. The Bertz CT molecular complexity index is 699. The van der Waals surface area contributed by atoms with Crippen LogP contribution < -0.4 is 0 Å². The molecule has 0 spiro atoms. The SMILES string of the molecule is CCCCCCCc1ccc(C2CCC(OCC3CCC(CC/C=C/C#N)CC3)CC2)cc1. The van der Waals surface area contributed by atoms with Crippen LogP contribution in [-0.4, -0.2) is 12.7 Å². The van der Waals surface area contributed by atoms with Crippen LogP contribution in [0.1, 0.15) is 120 Å². The van der Waals surface area contributed by atoms with Crippen molar-refractivity contribution in [3.05, 3.63) is 47.5 Å². The molecule has 2 nitrogen and oxygen atoms in total. The van der Waals surface area contributed by atoms with Gasteiger partial charge in [0.1, 0.15) is 0 Å². The Morgan fingerprint density at radius 3 is 2.27 bits per heavy atom. The van der Waals surface area contributed by atoms with E-state index in [1.54, 1.807) is 11.6 Å². The number of rotatable bonds is 13. The molecule has 0 N–H and O–H groups in total. The van der Waals surface area contributed by atoms with Crippen LogP contribution in [0, 0.1) is 23.2 Å². The van der Waals surface area contributed by atoms with Gasteiger partial charge in [-0.3, -0.25) is 0 Å². The summed E-state index contributed by atoms with van der Waals surface area (Å²) in [5, 5.41) is 8.58. The second-order valence-corrected chi connectivity index (χ2v) is 10.7. The molecule has 0 unspecified atom stereocenters. The lowest BCUT2D eigenvalue weighted by Gasteiger charge is -2.32. The first-order valence-electron chi connectivity index (χ1n) is 14.0. The molecular formula is C31H47NO. The molecule has 3 rings (SSSR count). The highest BCUT2D eigenvalue weighted by Crippen LogP contribution is 2.36. The summed E-state index contributed by atoms with van der Waals surface area (Å²) in [6.07, 6.45) is 24.8. The molecule has 2 aliphatic rings. The molecule has 0 bridgehead atoms. The normalized spacial score (nSPS) is 25.8. The maximum atomic E-state index is 8.58. The number of nitrogens with zero attached hydrogens (tertiary/aromatic N) is 1. The number of benzene rings is 1. The topological polar surface area (TPSA) is 33.0 Å². The molecule has 0 saturated heterocycles. The fourth-order valence-corrected chi connectivity index (χ4v) is 5.88. The van der Waals surface area contributed by atoms with Crippen LogP contribution in [0.3, 0.4) is 0 Å². The molecule has 0 heterocycles. The van der Waals surface area contributed by atoms with Gasteiger partial charge in [-0.05, 0) is 93.1 Å². The van der Waals surface area contributed by atoms with Gasteiger partial charge in [0.2, 0.25) is 0 Å². The van der Waals surface area contributed by atoms with Gasteiger partial charge >= 0.3 is 0 Å². The van der Waals surface area contributed by atoms with E-state index in [2.05, 4.69) is 37.3 Å². The van der Waals surface area contributed by atoms with Crippen molar-refractivity contribution in [2.24, 2.45) is 11.8 Å². The molecule has 1 aromatic carbocycles. The Morgan fingerprint density at radius 2 is 1.58 bits per heavy atom. The molecule has 2 aliphatic carbocycles. The summed E-state index contributed by atoms with van der Waals surface area (Å²) < 4.78 is 6.40. The van der Waals surface area contributed by atoms with Crippen LogP contribution in [0.2, 0.25) is 0 Å². The van der Waals surface area contributed by atoms with Crippen molar-refractivity contribution in [3.63, 3.8) is 0 Å². The smallest absolute Gasteiger partial charge is 0.0908 e. The molecule has 0 atom stereocenters. The second kappa shape index (κ2) is 15.3. The van der Waals surface area contributed by atoms with Crippen LogP contribution in [-0.2, 0) is 11.2 Å². The summed E-state index contributed by atoms with van der Waals surface area (Å²) in [6, 6.07) is 11.7. The zero-order valence-electron chi connectivity index (χ0n) is 21.1. The molecule has 182 valence electrons. The number of aryl methyl sites for hydroxylation is 1. The van der Waals surface area contributed by atoms with Crippen LogP contribution in [0.4, 0.5) is 0 Å². The molecule has 33 heavy (non-hydrogen) atoms. The minimum absolute atomic E-state index is 0.484. The third-order valence-corrected chi connectivity index (χ3v) is 8.16. The summed E-state index contributed by atoms with van der Waals surface area (Å²) in [5.74, 6) is 2.35. The maximum absolute atomic E-state index is 8.58. The Morgan fingerprint density at radius 1 is 0.879 bits per heavy atom. The number of unbranched alkanes of at least 4 members (excludes halogenated alkanes) is 4. The highest BCUT2D eigenvalue weighted by molar-refractivity contribution is 5.26. The molecule has 2 heteroatoms. The van der Waals surface area contributed by atoms with E-state index in [1.807, 2.05) is 6.08 Å². The first kappa shape index (κ1) is 26.0. The van der Waals surface area contributed by atoms with Crippen molar-refractivity contribution in [1.29, 1.82) is 5.26 Å². The number of nitriles is 1. The first-order valence-corrected chi connectivity index (χ1v) is 14.0. The summed E-state index contributed by atoms with van der Waals surface area (Å²) in [4.78, 5) is 0. The van der Waals surface area contributed by atoms with Crippen LogP contribution >= 0.6 is 0 Å². The third-order valence-electron chi connectivity index (χ3n) is 8.16. The van der Waals surface area contributed by atoms with Gasteiger partial charge in [-0.25, -0.2) is 0 Å². The largest absolute Gasteiger partial charge is 0.378 e. The van der Waals surface area contributed by atoms with Gasteiger partial charge in [-0.15, -0.1) is 0 Å². The van der Waals surface area contributed by atoms with Gasteiger partial charge in [0, 0.05) is 12.7 Å². The van der Waals surface area contributed by atoms with Crippen molar-refractivity contribution >= 4 is 0 Å². The molecule has 0 amide bonds. The average molecular weight is 450 g/mol. The van der Waals surface area contributed by atoms with Crippen LogP contribution in [0.5, 0.6) is 0 Å². The van der Waals surface area contributed by atoms with Gasteiger partial charge in [0.15, 0.2) is 0 Å². The maximum Gasteiger partial charge on any atom is 0.0908 e. The minimum atomic E-state index is 0.484. The van der Waals surface area contributed by atoms with Gasteiger partial charge in [-0.2, -0.15) is 5.26 Å². The van der Waals surface area contributed by atoms with Gasteiger partial charge in [0.05, 0.1) is 12.2 Å². The van der Waals surface area contributed by atoms with Gasteiger partial charge < -0.3 is 4.74 Å². The standard InChI is InChI=1S/C31H47NO/c1-2-3-4-5-7-10-27-16-18-29(19-17-27)30-20-22-31(23-21-30)33-25-28-14-12-26(13-15-28)11-8-6-9-24-32/h6,9,16-19,26,28,30-31H,2-5,7-8,10-15,20-23,25H2,1H3/b9-6+. The Labute approximate surface area is 203 Å². The monoisotopic (exact) mass is 449 g/mol. The lowest BCUT2D eigenvalue weighted by molar-refractivity contribution is -0.00474. The van der Waals surface area contributed by atoms with Crippen LogP contribution in [0.25, 0.3) is 0 Å². The average Bonchev–Trinajstić information content (AvgIpc) is 2.87. The Kier molecular flexibility index (Phi) is 12.1. The first-order chi connectivity index (χ1) is 16.3. The summed E-state index contributed by atoms with van der Waals surface area (Å²) in [6.45, 7) is 3.26. The van der Waals surface area contributed by atoms with Crippen molar-refractivity contribution in [2.45, 2.75) is 122 Å². The van der Waals surface area contributed by atoms with Gasteiger partial charge in [0.25, 0.3) is 0 Å². The molecule has 1 aromatic rings. The quantitative estimate of drug-likeness (QED) is 0.222. The lowest BCUT2D eigenvalue weighted by atomic mass is 9.80. The second-order valence-electron chi connectivity index (χ2n) is 10.7. The van der Waals surface area contributed by atoms with Crippen molar-refractivity contribution < 1.29 is 4.74 Å². The van der Waals surface area contributed by atoms with E-state index >= 15 is 0 Å². The highest BCUT2D eigenvalue weighted by Gasteiger charge is 2.25. The number of hydrogen-bond donors (Lipinski definition) is 0. The summed E-state index contributed by atoms with van der Waals surface area (Å²) >= 11 is 0. The van der Waals surface area contributed by atoms with E-state index in [4.69, 9.17) is 10.00 Å². The molecule has 0 radical (unpaired) electrons. The van der Waals surface area contributed by atoms with Crippen molar-refractivity contribution in [2.75, 3.05) is 6.61 Å². The molecule has 0 aliphatic heterocycles. The van der Waals surface area contributed by atoms with Crippen molar-refractivity contribution in [1.82, 2.24) is 0 Å². The predicted molar refractivity (Wildman–Crippen MR) is 139 cm³/mol.